The Bertz CT molecular complexity index is 1690. The topological polar surface area (TPSA) is 133 Å². The fourth-order valence-corrected chi connectivity index (χ4v) is 6.95. The molecule has 0 aliphatic carbocycles. The number of nitrogens with one attached hydrogen (secondary N) is 2. The molecule has 0 atom stereocenters. The predicted molar refractivity (Wildman–Crippen MR) is 188 cm³/mol. The molecule has 46 heavy (non-hydrogen) atoms. The summed E-state index contributed by atoms with van der Waals surface area (Å²) in [5.74, 6) is -2.39. The van der Waals surface area contributed by atoms with Gasteiger partial charge in [-0.3, -0.25) is 9.59 Å². The van der Waals surface area contributed by atoms with E-state index in [2.05, 4.69) is 10.6 Å². The molecule has 0 unspecified atom stereocenters. The molecule has 0 heterocycles. The molecule has 2 amide bonds. The van der Waals surface area contributed by atoms with Gasteiger partial charge in [-0.25, -0.2) is 9.59 Å². The second-order valence-corrected chi connectivity index (χ2v) is 13.3. The molecule has 0 saturated carbocycles. The Morgan fingerprint density at radius 1 is 0.565 bits per heavy atom. The van der Waals surface area contributed by atoms with Crippen LogP contribution in [0.2, 0.25) is 20.1 Å². The largest absolute Gasteiger partial charge is 0.478 e. The van der Waals surface area contributed by atoms with E-state index in [4.69, 9.17) is 46.4 Å². The van der Waals surface area contributed by atoms with Crippen molar-refractivity contribution in [1.29, 1.82) is 0 Å². The molecular formula is C32H24Cl4N2O6S2. The highest BCUT2D eigenvalue weighted by Crippen LogP contribution is 2.30. The number of carbonyl (C=O) groups excluding carboxylic acids is 2. The van der Waals surface area contributed by atoms with Gasteiger partial charge in [-0.05, 0) is 70.8 Å². The molecular weight excluding hydrogens is 714 g/mol. The van der Waals surface area contributed by atoms with Gasteiger partial charge < -0.3 is 20.8 Å². The molecule has 0 aromatic heterocycles. The summed E-state index contributed by atoms with van der Waals surface area (Å²) < 4.78 is 0. The molecule has 4 aromatic rings. The highest BCUT2D eigenvalue weighted by molar-refractivity contribution is 7.99. The number of hydrogen-bond donors (Lipinski definition) is 4. The third-order valence-corrected chi connectivity index (χ3v) is 9.53. The van der Waals surface area contributed by atoms with Gasteiger partial charge in [-0.15, -0.1) is 23.5 Å². The van der Waals surface area contributed by atoms with Crippen molar-refractivity contribution in [3.05, 3.63) is 115 Å². The minimum atomic E-state index is -1.28. The summed E-state index contributed by atoms with van der Waals surface area (Å²) in [7, 11) is 0. The summed E-state index contributed by atoms with van der Waals surface area (Å²) in [4.78, 5) is 49.3. The van der Waals surface area contributed by atoms with E-state index in [-0.39, 0.29) is 34.0 Å². The van der Waals surface area contributed by atoms with Gasteiger partial charge >= 0.3 is 11.9 Å². The lowest BCUT2D eigenvalue weighted by molar-refractivity contribution is -0.114. The van der Waals surface area contributed by atoms with Crippen molar-refractivity contribution in [3.63, 3.8) is 0 Å². The van der Waals surface area contributed by atoms with Crippen LogP contribution in [0.15, 0.2) is 72.8 Å². The van der Waals surface area contributed by atoms with E-state index in [1.807, 2.05) is 0 Å². The Labute approximate surface area is 292 Å². The van der Waals surface area contributed by atoms with Crippen LogP contribution < -0.4 is 10.6 Å². The molecule has 14 heteroatoms. The summed E-state index contributed by atoms with van der Waals surface area (Å²) >= 11 is 26.8. The lowest BCUT2D eigenvalue weighted by atomic mass is 9.99. The van der Waals surface area contributed by atoms with E-state index in [1.54, 1.807) is 48.5 Å². The smallest absolute Gasteiger partial charge is 0.337 e. The van der Waals surface area contributed by atoms with E-state index >= 15 is 0 Å². The monoisotopic (exact) mass is 736 g/mol. The number of rotatable bonds is 13. The minimum absolute atomic E-state index is 0.0439. The van der Waals surface area contributed by atoms with E-state index in [0.717, 1.165) is 11.1 Å². The van der Waals surface area contributed by atoms with Gasteiger partial charge in [0.15, 0.2) is 0 Å². The predicted octanol–water partition coefficient (Wildman–Crippen LogP) is 9.11. The minimum Gasteiger partial charge on any atom is -0.478 e. The van der Waals surface area contributed by atoms with Crippen LogP contribution in [0.1, 0.15) is 31.8 Å². The van der Waals surface area contributed by atoms with Gasteiger partial charge in [0.2, 0.25) is 11.8 Å². The number of halogens is 4. The first-order valence-corrected chi connectivity index (χ1v) is 17.1. The first-order valence-electron chi connectivity index (χ1n) is 13.3. The lowest BCUT2D eigenvalue weighted by Crippen LogP contribution is -2.17. The Morgan fingerprint density at radius 2 is 0.957 bits per heavy atom. The maximum Gasteiger partial charge on any atom is 0.337 e. The number of carboxylic acid groups (broad SMARTS) is 2. The van der Waals surface area contributed by atoms with Crippen molar-refractivity contribution >= 4 is 105 Å². The SMILES string of the molecule is O=C(CSCc1ccc(Cl)cc1Cl)Nc1ccc(-c2ccc(NC(=O)CSCc3ccc(Cl)cc3Cl)c(C(=O)O)c2)cc1C(=O)O. The van der Waals surface area contributed by atoms with Crippen molar-refractivity contribution in [1.82, 2.24) is 0 Å². The zero-order valence-electron chi connectivity index (χ0n) is 23.6. The Kier molecular flexibility index (Phi) is 12.7. The number of aromatic carboxylic acids is 2. The molecule has 4 N–H and O–H groups in total. The number of carbonyl (C=O) groups is 4. The standard InChI is InChI=1S/C32H24Cl4N2O6S2/c33-21-5-1-19(25(35)11-21)13-45-15-29(39)37-27-7-3-17(9-23(27)31(41)42)18-4-8-28(24(10-18)32(43)44)38-30(40)16-46-14-20-2-6-22(34)12-26(20)36/h1-12H,13-16H2,(H,37,39)(H,38,40)(H,41,42)(H,43,44). The number of benzene rings is 4. The summed E-state index contributed by atoms with van der Waals surface area (Å²) in [6, 6.07) is 18.9. The van der Waals surface area contributed by atoms with Gasteiger partial charge in [0.25, 0.3) is 0 Å². The van der Waals surface area contributed by atoms with Gasteiger partial charge in [0.1, 0.15) is 0 Å². The molecule has 0 radical (unpaired) electrons. The van der Waals surface area contributed by atoms with Gasteiger partial charge in [0.05, 0.1) is 34.0 Å². The highest BCUT2D eigenvalue weighted by Gasteiger charge is 2.18. The molecule has 0 spiro atoms. The van der Waals surface area contributed by atoms with Crippen LogP contribution in [-0.2, 0) is 21.1 Å². The second kappa shape index (κ2) is 16.4. The van der Waals surface area contributed by atoms with Gasteiger partial charge in [-0.2, -0.15) is 0 Å². The lowest BCUT2D eigenvalue weighted by Gasteiger charge is -2.13. The Balaban J connectivity index is 1.41. The van der Waals surface area contributed by atoms with Crippen LogP contribution in [0, 0.1) is 0 Å². The maximum absolute atomic E-state index is 12.6. The van der Waals surface area contributed by atoms with Crippen LogP contribution in [0.25, 0.3) is 11.1 Å². The van der Waals surface area contributed by atoms with Crippen molar-refractivity contribution < 1.29 is 29.4 Å². The number of amides is 2. The molecule has 0 fully saturated rings. The van der Waals surface area contributed by atoms with E-state index in [0.29, 0.717) is 42.7 Å². The fourth-order valence-electron chi connectivity index (χ4n) is 4.18. The Morgan fingerprint density at radius 3 is 1.30 bits per heavy atom. The quantitative estimate of drug-likeness (QED) is 0.107. The average molecular weight is 738 g/mol. The molecule has 4 aromatic carbocycles. The first kappa shape index (κ1) is 35.5. The second-order valence-electron chi connectivity index (χ2n) is 9.68. The molecule has 238 valence electrons. The highest BCUT2D eigenvalue weighted by atomic mass is 35.5. The summed E-state index contributed by atoms with van der Waals surface area (Å²) in [5.41, 5.74) is 2.24. The third-order valence-electron chi connectivity index (χ3n) is 6.39. The van der Waals surface area contributed by atoms with E-state index < -0.39 is 23.8 Å². The fraction of sp³-hybridized carbons (Fsp3) is 0.125. The molecule has 0 aliphatic rings. The normalized spacial score (nSPS) is 10.8. The van der Waals surface area contributed by atoms with Crippen LogP contribution in [-0.4, -0.2) is 45.5 Å². The van der Waals surface area contributed by atoms with Gasteiger partial charge in [-0.1, -0.05) is 70.7 Å². The number of thioether (sulfide) groups is 2. The van der Waals surface area contributed by atoms with Crippen LogP contribution in [0.4, 0.5) is 11.4 Å². The molecule has 0 saturated heterocycles. The van der Waals surface area contributed by atoms with E-state index in [1.165, 1.54) is 47.8 Å². The Hall–Kier alpha value is -3.38. The van der Waals surface area contributed by atoms with Crippen LogP contribution in [0.5, 0.6) is 0 Å². The zero-order chi connectivity index (χ0) is 33.4. The molecule has 8 nitrogen and oxygen atoms in total. The number of carboxylic acids is 2. The zero-order valence-corrected chi connectivity index (χ0v) is 28.3. The molecule has 0 aliphatic heterocycles. The van der Waals surface area contributed by atoms with Crippen molar-refractivity contribution in [2.45, 2.75) is 11.5 Å². The summed E-state index contributed by atoms with van der Waals surface area (Å²) in [6.45, 7) is 0. The first-order chi connectivity index (χ1) is 21.9. The summed E-state index contributed by atoms with van der Waals surface area (Å²) in [6.07, 6.45) is 0. The van der Waals surface area contributed by atoms with Gasteiger partial charge in [0, 0.05) is 31.6 Å². The van der Waals surface area contributed by atoms with Crippen LogP contribution in [0.3, 0.4) is 0 Å². The van der Waals surface area contributed by atoms with Crippen molar-refractivity contribution in [2.24, 2.45) is 0 Å². The average Bonchev–Trinajstić information content (AvgIpc) is 2.99. The van der Waals surface area contributed by atoms with E-state index in [9.17, 15) is 29.4 Å². The molecule has 4 rings (SSSR count). The number of hydrogen-bond acceptors (Lipinski definition) is 6. The van der Waals surface area contributed by atoms with Crippen molar-refractivity contribution in [2.75, 3.05) is 22.1 Å². The summed E-state index contributed by atoms with van der Waals surface area (Å²) in [5, 5.41) is 26.9. The number of anilines is 2. The molecule has 0 bridgehead atoms. The maximum atomic E-state index is 12.6. The van der Waals surface area contributed by atoms with Crippen molar-refractivity contribution in [3.8, 4) is 11.1 Å². The third kappa shape index (κ3) is 9.81. The van der Waals surface area contributed by atoms with Crippen LogP contribution >= 0.6 is 69.9 Å².